The fourth-order valence-electron chi connectivity index (χ4n) is 2.59. The lowest BCUT2D eigenvalue weighted by Gasteiger charge is -2.10. The largest absolute Gasteiger partial charge is 0.388 e. The number of benzene rings is 1. The molecule has 152 valence electrons. The van der Waals surface area contributed by atoms with Crippen LogP contribution in [0.3, 0.4) is 0 Å². The highest BCUT2D eigenvalue weighted by atomic mass is 35.5. The van der Waals surface area contributed by atoms with Crippen LogP contribution in [0.25, 0.3) is 0 Å². The van der Waals surface area contributed by atoms with Gasteiger partial charge in [-0.15, -0.1) is 0 Å². The standard InChI is InChI=1S/C18H17Cl2N5O4/c1-9(17(21)27)12-7-22-25(18(28)16(12)20)8-15-23-14(24-29-15)6-13(26)10-2-4-11(19)5-3-10/h2-5,7,9,13,26H,6,8H2,1H3,(H2,21,27)/t9-,13-/m0/s1. The van der Waals surface area contributed by atoms with Crippen molar-refractivity contribution in [1.82, 2.24) is 19.9 Å². The summed E-state index contributed by atoms with van der Waals surface area (Å²) in [5.74, 6) is -0.987. The summed E-state index contributed by atoms with van der Waals surface area (Å²) in [7, 11) is 0. The Labute approximate surface area is 175 Å². The summed E-state index contributed by atoms with van der Waals surface area (Å²) in [6, 6.07) is 6.75. The van der Waals surface area contributed by atoms with Gasteiger partial charge in [0, 0.05) is 17.0 Å². The molecular weight excluding hydrogens is 421 g/mol. The zero-order valence-corrected chi connectivity index (χ0v) is 16.8. The van der Waals surface area contributed by atoms with E-state index in [2.05, 4.69) is 15.2 Å². The van der Waals surface area contributed by atoms with Gasteiger partial charge < -0.3 is 15.4 Å². The number of carbonyl (C=O) groups excluding carboxylic acids is 1. The highest BCUT2D eigenvalue weighted by Crippen LogP contribution is 2.21. The predicted octanol–water partition coefficient (Wildman–Crippen LogP) is 1.85. The molecule has 0 radical (unpaired) electrons. The monoisotopic (exact) mass is 437 g/mol. The van der Waals surface area contributed by atoms with Crippen LogP contribution in [0.2, 0.25) is 10.0 Å². The zero-order chi connectivity index (χ0) is 21.1. The third-order valence-corrected chi connectivity index (χ3v) is 4.96. The van der Waals surface area contributed by atoms with Crippen molar-refractivity contribution >= 4 is 29.1 Å². The van der Waals surface area contributed by atoms with Crippen molar-refractivity contribution in [2.24, 2.45) is 5.73 Å². The molecule has 0 aliphatic rings. The molecule has 0 unspecified atom stereocenters. The normalized spacial score (nSPS) is 13.2. The number of rotatable bonds is 7. The average Bonchev–Trinajstić information content (AvgIpc) is 3.12. The fourth-order valence-corrected chi connectivity index (χ4v) is 3.02. The summed E-state index contributed by atoms with van der Waals surface area (Å²) in [5, 5.41) is 18.5. The molecule has 3 aromatic rings. The number of hydrogen-bond donors (Lipinski definition) is 2. The van der Waals surface area contributed by atoms with E-state index < -0.39 is 23.5 Å². The molecule has 0 aliphatic heterocycles. The van der Waals surface area contributed by atoms with Crippen LogP contribution in [0.5, 0.6) is 0 Å². The van der Waals surface area contributed by atoms with Gasteiger partial charge in [0.15, 0.2) is 5.82 Å². The molecule has 9 nitrogen and oxygen atoms in total. The van der Waals surface area contributed by atoms with E-state index in [9.17, 15) is 14.7 Å². The van der Waals surface area contributed by atoms with E-state index in [1.807, 2.05) is 0 Å². The van der Waals surface area contributed by atoms with E-state index in [1.54, 1.807) is 24.3 Å². The minimum absolute atomic E-state index is 0.114. The molecule has 3 N–H and O–H groups in total. The number of hydrogen-bond acceptors (Lipinski definition) is 7. The van der Waals surface area contributed by atoms with Crippen molar-refractivity contribution in [2.45, 2.75) is 31.9 Å². The van der Waals surface area contributed by atoms with Gasteiger partial charge in [0.2, 0.25) is 11.8 Å². The summed E-state index contributed by atoms with van der Waals surface area (Å²) in [5.41, 5.74) is 5.54. The van der Waals surface area contributed by atoms with Gasteiger partial charge in [-0.3, -0.25) is 9.59 Å². The van der Waals surface area contributed by atoms with Crippen LogP contribution in [-0.4, -0.2) is 30.9 Å². The molecule has 11 heteroatoms. The van der Waals surface area contributed by atoms with Crippen molar-refractivity contribution in [2.75, 3.05) is 0 Å². The average molecular weight is 438 g/mol. The molecule has 1 aromatic carbocycles. The second-order valence-electron chi connectivity index (χ2n) is 6.38. The molecular formula is C18H17Cl2N5O4. The number of carbonyl (C=O) groups is 1. The third-order valence-electron chi connectivity index (χ3n) is 4.33. The first-order valence-corrected chi connectivity index (χ1v) is 9.31. The number of nitrogens with two attached hydrogens (primary N) is 1. The Morgan fingerprint density at radius 1 is 1.31 bits per heavy atom. The number of aliphatic hydroxyl groups is 1. The van der Waals surface area contributed by atoms with Crippen LogP contribution < -0.4 is 11.3 Å². The van der Waals surface area contributed by atoms with Crippen molar-refractivity contribution in [3.05, 3.63) is 73.7 Å². The van der Waals surface area contributed by atoms with E-state index in [1.165, 1.54) is 13.1 Å². The van der Waals surface area contributed by atoms with Crippen molar-refractivity contribution in [1.29, 1.82) is 0 Å². The Balaban J connectivity index is 1.73. The lowest BCUT2D eigenvalue weighted by molar-refractivity contribution is -0.119. The second kappa shape index (κ2) is 8.73. The van der Waals surface area contributed by atoms with Gasteiger partial charge in [0.05, 0.1) is 18.2 Å². The summed E-state index contributed by atoms with van der Waals surface area (Å²) in [6.07, 6.45) is 0.576. The highest BCUT2D eigenvalue weighted by molar-refractivity contribution is 6.31. The molecule has 0 saturated heterocycles. The van der Waals surface area contributed by atoms with Crippen molar-refractivity contribution in [3.8, 4) is 0 Å². The highest BCUT2D eigenvalue weighted by Gasteiger charge is 2.20. The van der Waals surface area contributed by atoms with Crippen molar-refractivity contribution < 1.29 is 14.4 Å². The number of amides is 1. The summed E-state index contributed by atoms with van der Waals surface area (Å²) < 4.78 is 6.16. The second-order valence-corrected chi connectivity index (χ2v) is 7.19. The Kier molecular flexibility index (Phi) is 6.31. The summed E-state index contributed by atoms with van der Waals surface area (Å²) in [6.45, 7) is 1.42. The molecule has 0 spiro atoms. The maximum absolute atomic E-state index is 12.4. The van der Waals surface area contributed by atoms with E-state index in [0.29, 0.717) is 10.6 Å². The molecule has 1 amide bonds. The molecule has 0 bridgehead atoms. The van der Waals surface area contributed by atoms with Gasteiger partial charge in [0.1, 0.15) is 11.6 Å². The molecule has 29 heavy (non-hydrogen) atoms. The lowest BCUT2D eigenvalue weighted by atomic mass is 10.0. The topological polar surface area (TPSA) is 137 Å². The first kappa shape index (κ1) is 21.0. The number of aromatic nitrogens is 4. The van der Waals surface area contributed by atoms with Crippen molar-refractivity contribution in [3.63, 3.8) is 0 Å². The molecule has 0 saturated carbocycles. The SMILES string of the molecule is C[C@H](C(N)=O)c1cnn(Cc2nc(C[C@H](O)c3ccc(Cl)cc3)no2)c(=O)c1Cl. The summed E-state index contributed by atoms with van der Waals surface area (Å²) in [4.78, 5) is 27.9. The molecule has 0 aliphatic carbocycles. The van der Waals surface area contributed by atoms with E-state index in [-0.39, 0.29) is 35.3 Å². The van der Waals surface area contributed by atoms with Gasteiger partial charge >= 0.3 is 0 Å². The molecule has 0 fully saturated rings. The number of aliphatic hydroxyl groups excluding tert-OH is 1. The molecule has 2 aromatic heterocycles. The fraction of sp³-hybridized carbons (Fsp3) is 0.278. The van der Waals surface area contributed by atoms with E-state index >= 15 is 0 Å². The first-order valence-electron chi connectivity index (χ1n) is 8.56. The van der Waals surface area contributed by atoms with Crippen LogP contribution in [0.15, 0.2) is 39.8 Å². The van der Waals surface area contributed by atoms with Crippen LogP contribution in [0, 0.1) is 0 Å². The van der Waals surface area contributed by atoms with Crippen LogP contribution in [-0.2, 0) is 17.8 Å². The van der Waals surface area contributed by atoms with Gasteiger partial charge in [-0.05, 0) is 24.6 Å². The molecule has 2 atom stereocenters. The van der Waals surface area contributed by atoms with Crippen LogP contribution >= 0.6 is 23.2 Å². The molecule has 3 rings (SSSR count). The zero-order valence-electron chi connectivity index (χ0n) is 15.2. The minimum atomic E-state index is -0.845. The minimum Gasteiger partial charge on any atom is -0.388 e. The Morgan fingerprint density at radius 2 is 2.00 bits per heavy atom. The number of nitrogens with zero attached hydrogens (tertiary/aromatic N) is 4. The maximum atomic E-state index is 12.4. The Bertz CT molecular complexity index is 1080. The Morgan fingerprint density at radius 3 is 2.66 bits per heavy atom. The van der Waals surface area contributed by atoms with Gasteiger partial charge in [-0.1, -0.05) is 40.5 Å². The van der Waals surface area contributed by atoms with Gasteiger partial charge in [-0.25, -0.2) is 4.68 Å². The van der Waals surface area contributed by atoms with Gasteiger partial charge in [0.25, 0.3) is 5.56 Å². The summed E-state index contributed by atoms with van der Waals surface area (Å²) >= 11 is 11.9. The Hall–Kier alpha value is -2.75. The van der Waals surface area contributed by atoms with E-state index in [0.717, 1.165) is 4.68 Å². The smallest absolute Gasteiger partial charge is 0.286 e. The molecule has 2 heterocycles. The third kappa shape index (κ3) is 4.81. The quantitative estimate of drug-likeness (QED) is 0.574. The lowest BCUT2D eigenvalue weighted by Crippen LogP contribution is -2.28. The number of primary amides is 1. The van der Waals surface area contributed by atoms with E-state index in [4.69, 9.17) is 33.5 Å². The van der Waals surface area contributed by atoms with Crippen LogP contribution in [0.4, 0.5) is 0 Å². The number of halogens is 2. The van der Waals surface area contributed by atoms with Gasteiger partial charge in [-0.2, -0.15) is 10.1 Å². The first-order chi connectivity index (χ1) is 13.8. The predicted molar refractivity (Wildman–Crippen MR) is 105 cm³/mol. The van der Waals surface area contributed by atoms with Crippen LogP contribution in [0.1, 0.15) is 41.8 Å². The maximum Gasteiger partial charge on any atom is 0.286 e.